The van der Waals surface area contributed by atoms with E-state index in [-0.39, 0.29) is 5.60 Å². The number of nitrogens with zero attached hydrogens (tertiary/aromatic N) is 3. The molecule has 3 heterocycles. The number of aromatic nitrogens is 2. The molecular weight excluding hydrogens is 214 g/mol. The summed E-state index contributed by atoms with van der Waals surface area (Å²) in [7, 11) is 0. The van der Waals surface area contributed by atoms with Gasteiger partial charge in [-0.2, -0.15) is 0 Å². The zero-order valence-corrected chi connectivity index (χ0v) is 9.07. The number of halogens is 1. The van der Waals surface area contributed by atoms with Crippen LogP contribution >= 0.6 is 11.6 Å². The second-order valence-corrected chi connectivity index (χ2v) is 4.54. The van der Waals surface area contributed by atoms with Crippen LogP contribution in [0.1, 0.15) is 12.8 Å². The van der Waals surface area contributed by atoms with Gasteiger partial charge in [-0.25, -0.2) is 9.97 Å². The largest absolute Gasteiger partial charge is 0.369 e. The first-order valence-electron chi connectivity index (χ1n) is 5.14. The van der Waals surface area contributed by atoms with Crippen molar-refractivity contribution in [1.29, 1.82) is 0 Å². The molecule has 3 rings (SSSR count). The molecule has 2 fully saturated rings. The molecule has 0 N–H and O–H groups in total. The van der Waals surface area contributed by atoms with E-state index in [9.17, 15) is 0 Å². The minimum Gasteiger partial charge on any atom is -0.369 e. The van der Waals surface area contributed by atoms with Gasteiger partial charge in [-0.05, 0) is 12.8 Å². The highest BCUT2D eigenvalue weighted by molar-refractivity contribution is 6.29. The molecule has 1 aromatic heterocycles. The first-order chi connectivity index (χ1) is 7.27. The Balaban J connectivity index is 1.73. The monoisotopic (exact) mass is 225 g/mol. The summed E-state index contributed by atoms with van der Waals surface area (Å²) < 4.78 is 5.46. The number of hydrogen-bond donors (Lipinski definition) is 0. The molecule has 4 nitrogen and oxygen atoms in total. The van der Waals surface area contributed by atoms with Crippen molar-refractivity contribution < 1.29 is 4.74 Å². The average Bonchev–Trinajstić information content (AvgIpc) is 2.99. The number of rotatable bonds is 1. The van der Waals surface area contributed by atoms with E-state index in [4.69, 9.17) is 16.3 Å². The molecule has 2 aliphatic heterocycles. The summed E-state index contributed by atoms with van der Waals surface area (Å²) in [4.78, 5) is 10.3. The summed E-state index contributed by atoms with van der Waals surface area (Å²) in [5, 5.41) is 0.503. The van der Waals surface area contributed by atoms with Crippen LogP contribution in [-0.4, -0.2) is 35.3 Å². The first-order valence-corrected chi connectivity index (χ1v) is 5.52. The van der Waals surface area contributed by atoms with Crippen molar-refractivity contribution in [2.75, 3.05) is 24.6 Å². The fourth-order valence-electron chi connectivity index (χ4n) is 2.03. The topological polar surface area (TPSA) is 41.5 Å². The van der Waals surface area contributed by atoms with E-state index in [1.165, 1.54) is 6.33 Å². The van der Waals surface area contributed by atoms with Gasteiger partial charge in [0.05, 0.1) is 12.2 Å². The quantitative estimate of drug-likeness (QED) is 0.537. The van der Waals surface area contributed by atoms with Crippen LogP contribution < -0.4 is 4.90 Å². The van der Waals surface area contributed by atoms with Crippen LogP contribution in [0.2, 0.25) is 5.15 Å². The smallest absolute Gasteiger partial charge is 0.134 e. The molecule has 2 saturated heterocycles. The normalized spacial score (nSPS) is 23.1. The van der Waals surface area contributed by atoms with E-state index >= 15 is 0 Å². The second kappa shape index (κ2) is 3.32. The van der Waals surface area contributed by atoms with Gasteiger partial charge < -0.3 is 9.64 Å². The van der Waals surface area contributed by atoms with Crippen molar-refractivity contribution in [2.45, 2.75) is 18.4 Å². The lowest BCUT2D eigenvalue weighted by Crippen LogP contribution is -2.38. The van der Waals surface area contributed by atoms with Gasteiger partial charge in [-0.15, -0.1) is 0 Å². The molecule has 0 atom stereocenters. The molecule has 0 aliphatic carbocycles. The summed E-state index contributed by atoms with van der Waals surface area (Å²) in [5.74, 6) is 0.922. The van der Waals surface area contributed by atoms with Crippen molar-refractivity contribution in [1.82, 2.24) is 9.97 Å². The second-order valence-electron chi connectivity index (χ2n) is 4.16. The fraction of sp³-hybridized carbons (Fsp3) is 0.600. The van der Waals surface area contributed by atoms with Gasteiger partial charge in [0.1, 0.15) is 17.3 Å². The minimum atomic E-state index is 0.216. The van der Waals surface area contributed by atoms with Crippen LogP contribution in [0.4, 0.5) is 5.82 Å². The van der Waals surface area contributed by atoms with Crippen LogP contribution in [-0.2, 0) is 4.74 Å². The van der Waals surface area contributed by atoms with Gasteiger partial charge in [0.15, 0.2) is 0 Å². The highest BCUT2D eigenvalue weighted by Gasteiger charge is 2.46. The molecule has 1 spiro atoms. The highest BCUT2D eigenvalue weighted by atomic mass is 35.5. The van der Waals surface area contributed by atoms with E-state index in [0.717, 1.165) is 38.4 Å². The van der Waals surface area contributed by atoms with Gasteiger partial charge in [-0.3, -0.25) is 0 Å². The summed E-state index contributed by atoms with van der Waals surface area (Å²) in [5.41, 5.74) is 0.216. The van der Waals surface area contributed by atoms with E-state index in [0.29, 0.717) is 5.15 Å². The Morgan fingerprint density at radius 2 is 2.07 bits per heavy atom. The van der Waals surface area contributed by atoms with E-state index < -0.39 is 0 Å². The molecule has 0 bridgehead atoms. The average molecular weight is 226 g/mol. The molecule has 0 unspecified atom stereocenters. The standard InChI is InChI=1S/C10H12ClN3O/c11-8-5-9(13-7-12-8)14-3-1-10(2-4-14)6-15-10/h5,7H,1-4,6H2. The van der Waals surface area contributed by atoms with Crippen molar-refractivity contribution in [3.63, 3.8) is 0 Å². The number of piperidine rings is 1. The predicted octanol–water partition coefficient (Wildman–Crippen LogP) is 1.50. The third kappa shape index (κ3) is 1.79. The molecule has 0 amide bonds. The Kier molecular flexibility index (Phi) is 2.07. The number of epoxide rings is 1. The number of ether oxygens (including phenoxy) is 1. The first kappa shape index (κ1) is 9.36. The lowest BCUT2D eigenvalue weighted by molar-refractivity contribution is 0.258. The summed E-state index contributed by atoms with van der Waals surface area (Å²) in [6, 6.07) is 1.81. The Hall–Kier alpha value is -0.870. The lowest BCUT2D eigenvalue weighted by Gasteiger charge is -2.31. The minimum absolute atomic E-state index is 0.216. The maximum Gasteiger partial charge on any atom is 0.134 e. The summed E-state index contributed by atoms with van der Waals surface area (Å²) in [6.45, 7) is 2.92. The predicted molar refractivity (Wildman–Crippen MR) is 57.2 cm³/mol. The van der Waals surface area contributed by atoms with Crippen LogP contribution in [0, 0.1) is 0 Å². The van der Waals surface area contributed by atoms with E-state index in [1.54, 1.807) is 0 Å². The van der Waals surface area contributed by atoms with Gasteiger partial charge in [0, 0.05) is 19.2 Å². The molecule has 2 aliphatic rings. The van der Waals surface area contributed by atoms with Crippen LogP contribution in [0.3, 0.4) is 0 Å². The maximum atomic E-state index is 5.83. The summed E-state index contributed by atoms with van der Waals surface area (Å²) >= 11 is 5.83. The van der Waals surface area contributed by atoms with Gasteiger partial charge in [-0.1, -0.05) is 11.6 Å². The SMILES string of the molecule is Clc1cc(N2CCC3(CC2)CO3)ncn1. The number of anilines is 1. The third-order valence-corrected chi connectivity index (χ3v) is 3.38. The van der Waals surface area contributed by atoms with Crippen LogP contribution in [0.5, 0.6) is 0 Å². The molecule has 5 heteroatoms. The lowest BCUT2D eigenvalue weighted by atomic mass is 9.98. The van der Waals surface area contributed by atoms with E-state index in [1.807, 2.05) is 6.07 Å². The van der Waals surface area contributed by atoms with Gasteiger partial charge in [0.25, 0.3) is 0 Å². The van der Waals surface area contributed by atoms with Crippen LogP contribution in [0.15, 0.2) is 12.4 Å². The van der Waals surface area contributed by atoms with Gasteiger partial charge in [0.2, 0.25) is 0 Å². The Morgan fingerprint density at radius 3 is 2.67 bits per heavy atom. The summed E-state index contributed by atoms with van der Waals surface area (Å²) in [6.07, 6.45) is 3.69. The molecule has 1 aromatic rings. The number of hydrogen-bond acceptors (Lipinski definition) is 4. The fourth-order valence-corrected chi connectivity index (χ4v) is 2.17. The Morgan fingerprint density at radius 1 is 1.33 bits per heavy atom. The zero-order valence-electron chi connectivity index (χ0n) is 8.32. The van der Waals surface area contributed by atoms with Crippen molar-refractivity contribution in [3.05, 3.63) is 17.5 Å². The van der Waals surface area contributed by atoms with Crippen molar-refractivity contribution >= 4 is 17.4 Å². The Labute approximate surface area is 93.2 Å². The molecule has 0 radical (unpaired) electrons. The molecule has 80 valence electrons. The third-order valence-electron chi connectivity index (χ3n) is 3.17. The van der Waals surface area contributed by atoms with E-state index in [2.05, 4.69) is 14.9 Å². The molecular formula is C10H12ClN3O. The van der Waals surface area contributed by atoms with Crippen molar-refractivity contribution in [2.24, 2.45) is 0 Å². The Bertz CT molecular complexity index is 371. The van der Waals surface area contributed by atoms with Crippen molar-refractivity contribution in [3.8, 4) is 0 Å². The molecule has 0 aromatic carbocycles. The van der Waals surface area contributed by atoms with Crippen LogP contribution in [0.25, 0.3) is 0 Å². The maximum absolute atomic E-state index is 5.83. The zero-order chi connectivity index (χ0) is 10.3. The molecule has 0 saturated carbocycles. The van der Waals surface area contributed by atoms with Gasteiger partial charge >= 0.3 is 0 Å². The highest BCUT2D eigenvalue weighted by Crippen LogP contribution is 2.38. The molecule has 15 heavy (non-hydrogen) atoms.